The molecule has 1 saturated carbocycles. The van der Waals surface area contributed by atoms with Crippen LogP contribution in [-0.4, -0.2) is 12.1 Å². The maximum absolute atomic E-state index is 5.81. The molecule has 0 bridgehead atoms. The summed E-state index contributed by atoms with van der Waals surface area (Å²) in [5.74, 6) is 2.05. The molecule has 2 rings (SSSR count). The van der Waals surface area contributed by atoms with E-state index in [2.05, 4.69) is 26.0 Å². The Hall–Kier alpha value is -1.09. The van der Waals surface area contributed by atoms with E-state index in [1.165, 1.54) is 5.56 Å². The molecule has 2 unspecified atom stereocenters. The second-order valence-electron chi connectivity index (χ2n) is 5.31. The minimum absolute atomic E-state index is 0.0525. The third-order valence-electron chi connectivity index (χ3n) is 3.87. The third kappa shape index (κ3) is 2.29. The lowest BCUT2D eigenvalue weighted by Gasteiger charge is -2.23. The van der Waals surface area contributed by atoms with E-state index in [9.17, 15) is 0 Å². The number of rotatable bonds is 4. The normalized spacial score (nSPS) is 23.2. The van der Waals surface area contributed by atoms with Gasteiger partial charge in [-0.15, -0.1) is 0 Å². The first kappa shape index (κ1) is 12.4. The van der Waals surface area contributed by atoms with Crippen molar-refractivity contribution in [3.05, 3.63) is 29.8 Å². The summed E-state index contributed by atoms with van der Waals surface area (Å²) in [5.41, 5.74) is 7.09. The predicted molar refractivity (Wildman–Crippen MR) is 74.4 cm³/mol. The summed E-state index contributed by atoms with van der Waals surface area (Å²) >= 11 is 5.15. The van der Waals surface area contributed by atoms with Gasteiger partial charge in [-0.05, 0) is 36.0 Å². The van der Waals surface area contributed by atoms with Crippen LogP contribution in [0.15, 0.2) is 24.3 Å². The highest BCUT2D eigenvalue weighted by Gasteiger charge is 2.49. The average molecular weight is 249 g/mol. The topological polar surface area (TPSA) is 35.2 Å². The van der Waals surface area contributed by atoms with Gasteiger partial charge in [0.1, 0.15) is 5.75 Å². The summed E-state index contributed by atoms with van der Waals surface area (Å²) in [7, 11) is 1.70. The Morgan fingerprint density at radius 3 is 2.76 bits per heavy atom. The summed E-state index contributed by atoms with van der Waals surface area (Å²) in [4.78, 5) is 0.618. The molecule has 2 nitrogen and oxygen atoms in total. The highest BCUT2D eigenvalue weighted by Crippen LogP contribution is 2.57. The molecule has 0 amide bonds. The van der Waals surface area contributed by atoms with Gasteiger partial charge < -0.3 is 10.5 Å². The number of hydrogen-bond acceptors (Lipinski definition) is 2. The molecule has 1 aromatic carbocycles. The number of thiocarbonyl (C=S) groups is 1. The van der Waals surface area contributed by atoms with Gasteiger partial charge in [-0.1, -0.05) is 38.2 Å². The molecule has 0 aliphatic heterocycles. The molecule has 1 fully saturated rings. The largest absolute Gasteiger partial charge is 0.497 e. The first-order valence-electron chi connectivity index (χ1n) is 5.90. The lowest BCUT2D eigenvalue weighted by Crippen LogP contribution is -2.32. The van der Waals surface area contributed by atoms with Crippen LogP contribution in [-0.2, 0) is 0 Å². The number of nitrogens with two attached hydrogens (primary N) is 1. The molecule has 2 atom stereocenters. The zero-order valence-corrected chi connectivity index (χ0v) is 11.4. The van der Waals surface area contributed by atoms with Crippen LogP contribution in [0.5, 0.6) is 5.75 Å². The number of ether oxygens (including phenoxy) is 1. The Balaban J connectivity index is 2.15. The van der Waals surface area contributed by atoms with Crippen LogP contribution in [0.4, 0.5) is 0 Å². The van der Waals surface area contributed by atoms with Crippen LogP contribution < -0.4 is 10.5 Å². The monoisotopic (exact) mass is 249 g/mol. The van der Waals surface area contributed by atoms with E-state index >= 15 is 0 Å². The molecule has 1 aromatic rings. The van der Waals surface area contributed by atoms with Crippen molar-refractivity contribution in [2.24, 2.45) is 17.1 Å². The molecule has 1 aliphatic carbocycles. The van der Waals surface area contributed by atoms with Crippen molar-refractivity contribution in [3.63, 3.8) is 0 Å². The van der Waals surface area contributed by atoms with Gasteiger partial charge in [-0.25, -0.2) is 0 Å². The molecule has 0 spiro atoms. The van der Waals surface area contributed by atoms with Gasteiger partial charge >= 0.3 is 0 Å². The Morgan fingerprint density at radius 1 is 1.47 bits per heavy atom. The Morgan fingerprint density at radius 2 is 2.18 bits per heavy atom. The molecule has 17 heavy (non-hydrogen) atoms. The lowest BCUT2D eigenvalue weighted by atomic mass is 9.85. The highest BCUT2D eigenvalue weighted by atomic mass is 32.1. The van der Waals surface area contributed by atoms with E-state index in [0.717, 1.165) is 12.2 Å². The van der Waals surface area contributed by atoms with E-state index in [0.29, 0.717) is 16.8 Å². The predicted octanol–water partition coefficient (Wildman–Crippen LogP) is 3.11. The molecule has 92 valence electrons. The molecule has 2 N–H and O–H groups in total. The van der Waals surface area contributed by atoms with E-state index < -0.39 is 0 Å². The van der Waals surface area contributed by atoms with E-state index in [4.69, 9.17) is 22.7 Å². The summed E-state index contributed by atoms with van der Waals surface area (Å²) in [6.45, 7) is 4.28. The van der Waals surface area contributed by atoms with Gasteiger partial charge in [-0.2, -0.15) is 0 Å². The molecular formula is C14H19NOS. The summed E-state index contributed by atoms with van der Waals surface area (Å²) in [6.07, 6.45) is 1.16. The van der Waals surface area contributed by atoms with E-state index in [1.54, 1.807) is 7.11 Å². The van der Waals surface area contributed by atoms with Crippen LogP contribution in [0.2, 0.25) is 0 Å². The minimum atomic E-state index is -0.0525. The number of methoxy groups -OCH3 is 1. The van der Waals surface area contributed by atoms with Crippen LogP contribution in [0.1, 0.15) is 31.7 Å². The summed E-state index contributed by atoms with van der Waals surface area (Å²) < 4.78 is 5.25. The van der Waals surface area contributed by atoms with Gasteiger partial charge in [0.25, 0.3) is 0 Å². The van der Waals surface area contributed by atoms with Gasteiger partial charge in [0.2, 0.25) is 0 Å². The van der Waals surface area contributed by atoms with Crippen LogP contribution in [0.25, 0.3) is 0 Å². The second kappa shape index (κ2) is 4.30. The zero-order valence-electron chi connectivity index (χ0n) is 10.6. The maximum atomic E-state index is 5.81. The minimum Gasteiger partial charge on any atom is -0.497 e. The van der Waals surface area contributed by atoms with Gasteiger partial charge in [0.15, 0.2) is 0 Å². The van der Waals surface area contributed by atoms with Crippen molar-refractivity contribution in [3.8, 4) is 5.75 Å². The quantitative estimate of drug-likeness (QED) is 0.833. The fourth-order valence-electron chi connectivity index (χ4n) is 2.42. The van der Waals surface area contributed by atoms with Crippen molar-refractivity contribution in [2.45, 2.75) is 26.2 Å². The molecule has 1 aliphatic rings. The summed E-state index contributed by atoms with van der Waals surface area (Å²) in [6, 6.07) is 8.28. The Kier molecular flexibility index (Phi) is 3.13. The summed E-state index contributed by atoms with van der Waals surface area (Å²) in [5, 5.41) is 0. The fraction of sp³-hybridized carbons (Fsp3) is 0.500. The molecule has 0 saturated heterocycles. The van der Waals surface area contributed by atoms with E-state index in [-0.39, 0.29) is 5.41 Å². The Labute approximate surface area is 108 Å². The standard InChI is InChI=1S/C14H19NOS/c1-14(2,13(15)17)12-8-11(12)9-5-4-6-10(7-9)16-3/h4-7,11-12H,8H2,1-3H3,(H2,15,17). The van der Waals surface area contributed by atoms with Crippen molar-refractivity contribution in [2.75, 3.05) is 7.11 Å². The van der Waals surface area contributed by atoms with Crippen molar-refractivity contribution in [1.82, 2.24) is 0 Å². The van der Waals surface area contributed by atoms with Crippen molar-refractivity contribution in [1.29, 1.82) is 0 Å². The highest BCUT2D eigenvalue weighted by molar-refractivity contribution is 7.80. The Bertz CT molecular complexity index is 442. The number of hydrogen-bond donors (Lipinski definition) is 1. The fourth-order valence-corrected chi connectivity index (χ4v) is 2.57. The van der Waals surface area contributed by atoms with Gasteiger partial charge in [0.05, 0.1) is 12.1 Å². The van der Waals surface area contributed by atoms with Gasteiger partial charge in [0, 0.05) is 5.41 Å². The zero-order chi connectivity index (χ0) is 12.6. The molecule has 0 heterocycles. The van der Waals surface area contributed by atoms with Crippen molar-refractivity contribution < 1.29 is 4.74 Å². The second-order valence-corrected chi connectivity index (χ2v) is 5.75. The molecular weight excluding hydrogens is 230 g/mol. The SMILES string of the molecule is COc1cccc(C2CC2C(C)(C)C(N)=S)c1. The van der Waals surface area contributed by atoms with Crippen LogP contribution in [0.3, 0.4) is 0 Å². The van der Waals surface area contributed by atoms with Gasteiger partial charge in [-0.3, -0.25) is 0 Å². The molecule has 0 aromatic heterocycles. The smallest absolute Gasteiger partial charge is 0.119 e. The van der Waals surface area contributed by atoms with Crippen LogP contribution in [0, 0.1) is 11.3 Å². The third-order valence-corrected chi connectivity index (χ3v) is 4.40. The van der Waals surface area contributed by atoms with Crippen LogP contribution >= 0.6 is 12.2 Å². The molecule has 3 heteroatoms. The maximum Gasteiger partial charge on any atom is 0.119 e. The molecule has 0 radical (unpaired) electrons. The average Bonchev–Trinajstić information content (AvgIpc) is 3.09. The van der Waals surface area contributed by atoms with E-state index in [1.807, 2.05) is 12.1 Å². The first-order valence-corrected chi connectivity index (χ1v) is 6.31. The lowest BCUT2D eigenvalue weighted by molar-refractivity contribution is 0.413. The first-order chi connectivity index (χ1) is 7.96. The van der Waals surface area contributed by atoms with Crippen molar-refractivity contribution >= 4 is 17.2 Å². The number of benzene rings is 1.